The molecule has 0 aliphatic rings. The summed E-state index contributed by atoms with van der Waals surface area (Å²) in [7, 11) is 1.69. The average Bonchev–Trinajstić information content (AvgIpc) is 2.96. The fraction of sp³-hybridized carbons (Fsp3) is 0.0556. The van der Waals surface area contributed by atoms with Crippen LogP contribution in [0.25, 0.3) is 11.3 Å². The van der Waals surface area contributed by atoms with E-state index >= 15 is 0 Å². The molecule has 2 aromatic carbocycles. The van der Waals surface area contributed by atoms with Gasteiger partial charge in [0.2, 0.25) is 0 Å². The third kappa shape index (κ3) is 3.54. The zero-order valence-corrected chi connectivity index (χ0v) is 14.0. The van der Waals surface area contributed by atoms with Crippen LogP contribution in [0.15, 0.2) is 54.6 Å². The molecule has 1 amide bonds. The highest BCUT2D eigenvalue weighted by atomic mass is 35.5. The third-order valence-electron chi connectivity index (χ3n) is 3.66. The van der Waals surface area contributed by atoms with Crippen LogP contribution in [0.3, 0.4) is 0 Å². The summed E-state index contributed by atoms with van der Waals surface area (Å²) in [5.74, 6) is -1.21. The van der Waals surface area contributed by atoms with E-state index in [1.165, 1.54) is 16.8 Å². The summed E-state index contributed by atoms with van der Waals surface area (Å²) >= 11 is 5.88. The molecule has 0 saturated heterocycles. The Hall–Kier alpha value is -3.12. The summed E-state index contributed by atoms with van der Waals surface area (Å²) in [6.07, 6.45) is 0. The maximum absolute atomic E-state index is 12.4. The van der Waals surface area contributed by atoms with Gasteiger partial charge in [-0.15, -0.1) is 0 Å². The summed E-state index contributed by atoms with van der Waals surface area (Å²) < 4.78 is 1.52. The number of carbonyl (C=O) groups excluding carboxylic acids is 1. The fourth-order valence-electron chi connectivity index (χ4n) is 2.40. The van der Waals surface area contributed by atoms with Crippen LogP contribution in [-0.2, 0) is 7.05 Å². The van der Waals surface area contributed by atoms with Crippen LogP contribution in [0.5, 0.6) is 0 Å². The predicted octanol–water partition coefficient (Wildman–Crippen LogP) is 3.69. The van der Waals surface area contributed by atoms with Gasteiger partial charge in [0.25, 0.3) is 5.91 Å². The Labute approximate surface area is 148 Å². The number of anilines is 1. The number of carbonyl (C=O) groups is 2. The highest BCUT2D eigenvalue weighted by molar-refractivity contribution is 6.30. The van der Waals surface area contributed by atoms with Gasteiger partial charge in [0.05, 0.1) is 16.8 Å². The lowest BCUT2D eigenvalue weighted by atomic mass is 10.1. The number of carboxylic acids is 1. The lowest BCUT2D eigenvalue weighted by Crippen LogP contribution is -2.18. The molecule has 6 nitrogen and oxygen atoms in total. The van der Waals surface area contributed by atoms with Crippen LogP contribution in [0.1, 0.15) is 20.7 Å². The monoisotopic (exact) mass is 355 g/mol. The van der Waals surface area contributed by atoms with Gasteiger partial charge in [0.1, 0.15) is 5.82 Å². The van der Waals surface area contributed by atoms with E-state index in [1.54, 1.807) is 37.4 Å². The van der Waals surface area contributed by atoms with Gasteiger partial charge in [0.15, 0.2) is 0 Å². The minimum atomic E-state index is -1.15. The molecule has 1 aromatic heterocycles. The molecular weight excluding hydrogens is 342 g/mol. The molecule has 126 valence electrons. The van der Waals surface area contributed by atoms with Gasteiger partial charge >= 0.3 is 5.97 Å². The van der Waals surface area contributed by atoms with Crippen molar-refractivity contribution in [2.75, 3.05) is 5.32 Å². The number of rotatable bonds is 4. The van der Waals surface area contributed by atoms with Gasteiger partial charge in [-0.1, -0.05) is 35.9 Å². The molecule has 3 rings (SSSR count). The van der Waals surface area contributed by atoms with Crippen molar-refractivity contribution in [1.29, 1.82) is 0 Å². The molecule has 0 bridgehead atoms. The fourth-order valence-corrected chi connectivity index (χ4v) is 2.52. The zero-order valence-electron chi connectivity index (χ0n) is 13.2. The number of carboxylic acid groups (broad SMARTS) is 1. The maximum Gasteiger partial charge on any atom is 0.336 e. The molecule has 0 unspecified atom stereocenters. The highest BCUT2D eigenvalue weighted by Crippen LogP contribution is 2.23. The Balaban J connectivity index is 1.88. The van der Waals surface area contributed by atoms with E-state index in [0.717, 1.165) is 5.56 Å². The number of hydrogen-bond donors (Lipinski definition) is 2. The average molecular weight is 356 g/mol. The van der Waals surface area contributed by atoms with Crippen molar-refractivity contribution in [3.8, 4) is 11.3 Å². The molecule has 0 aliphatic carbocycles. The summed E-state index contributed by atoms with van der Waals surface area (Å²) in [5.41, 5.74) is 1.55. The molecule has 0 aliphatic heterocycles. The Morgan fingerprint density at radius 2 is 1.72 bits per heavy atom. The van der Waals surface area contributed by atoms with Crippen molar-refractivity contribution >= 4 is 29.3 Å². The van der Waals surface area contributed by atoms with Gasteiger partial charge in [0, 0.05) is 23.7 Å². The van der Waals surface area contributed by atoms with Crippen molar-refractivity contribution in [2.45, 2.75) is 0 Å². The highest BCUT2D eigenvalue weighted by Gasteiger charge is 2.17. The number of halogens is 1. The normalized spacial score (nSPS) is 10.5. The van der Waals surface area contributed by atoms with Crippen LogP contribution >= 0.6 is 11.6 Å². The topological polar surface area (TPSA) is 84.2 Å². The Bertz CT molecular complexity index is 948. The number of amides is 1. The Morgan fingerprint density at radius 1 is 1.08 bits per heavy atom. The first-order chi connectivity index (χ1) is 12.0. The first-order valence-electron chi connectivity index (χ1n) is 7.39. The van der Waals surface area contributed by atoms with E-state index in [2.05, 4.69) is 10.4 Å². The van der Waals surface area contributed by atoms with Gasteiger partial charge in [-0.25, -0.2) is 4.79 Å². The Kier molecular flexibility index (Phi) is 4.54. The van der Waals surface area contributed by atoms with Gasteiger partial charge in [-0.3, -0.25) is 9.48 Å². The molecule has 0 saturated carbocycles. The molecule has 0 atom stereocenters. The second-order valence-corrected chi connectivity index (χ2v) is 5.79. The second kappa shape index (κ2) is 6.78. The van der Waals surface area contributed by atoms with Gasteiger partial charge < -0.3 is 10.4 Å². The van der Waals surface area contributed by atoms with Crippen LogP contribution in [0, 0.1) is 0 Å². The lowest BCUT2D eigenvalue weighted by molar-refractivity contribution is 0.0692. The van der Waals surface area contributed by atoms with Crippen LogP contribution in [-0.4, -0.2) is 26.8 Å². The molecule has 3 aromatic rings. The predicted molar refractivity (Wildman–Crippen MR) is 95.0 cm³/mol. The SMILES string of the molecule is Cn1nc(-c2ccc(Cl)cc2)cc1NC(=O)c1ccccc1C(=O)O. The smallest absolute Gasteiger partial charge is 0.336 e. The Morgan fingerprint density at radius 3 is 2.36 bits per heavy atom. The van der Waals surface area contributed by atoms with E-state index in [-0.39, 0.29) is 11.1 Å². The summed E-state index contributed by atoms with van der Waals surface area (Å²) in [4.78, 5) is 23.7. The number of aromatic carboxylic acids is 1. The quantitative estimate of drug-likeness (QED) is 0.747. The van der Waals surface area contributed by atoms with Crippen LogP contribution < -0.4 is 5.32 Å². The van der Waals surface area contributed by atoms with Crippen LogP contribution in [0.4, 0.5) is 5.82 Å². The summed E-state index contributed by atoms with van der Waals surface area (Å²) in [6, 6.07) is 14.9. The molecule has 7 heteroatoms. The third-order valence-corrected chi connectivity index (χ3v) is 3.92. The number of benzene rings is 2. The van der Waals surface area contributed by atoms with Crippen molar-refractivity contribution in [2.24, 2.45) is 7.05 Å². The number of nitrogens with zero attached hydrogens (tertiary/aromatic N) is 2. The molecule has 0 spiro atoms. The van der Waals surface area contributed by atoms with Crippen molar-refractivity contribution in [3.63, 3.8) is 0 Å². The standard InChI is InChI=1S/C18H14ClN3O3/c1-22-16(10-15(21-22)11-6-8-12(19)9-7-11)20-17(23)13-4-2-3-5-14(13)18(24)25/h2-10H,1H3,(H,20,23)(H,24,25). The first kappa shape index (κ1) is 16.7. The van der Waals surface area contributed by atoms with Crippen molar-refractivity contribution in [3.05, 3.63) is 70.7 Å². The van der Waals surface area contributed by atoms with Crippen LogP contribution in [0.2, 0.25) is 5.02 Å². The molecule has 0 fully saturated rings. The van der Waals surface area contributed by atoms with Crippen molar-refractivity contribution < 1.29 is 14.7 Å². The molecule has 25 heavy (non-hydrogen) atoms. The van der Waals surface area contributed by atoms with Gasteiger partial charge in [-0.05, 0) is 24.3 Å². The summed E-state index contributed by atoms with van der Waals surface area (Å²) in [5, 5.41) is 16.9. The van der Waals surface area contributed by atoms with E-state index < -0.39 is 11.9 Å². The number of nitrogens with one attached hydrogen (secondary N) is 1. The lowest BCUT2D eigenvalue weighted by Gasteiger charge is -2.07. The minimum Gasteiger partial charge on any atom is -0.478 e. The zero-order chi connectivity index (χ0) is 18.0. The second-order valence-electron chi connectivity index (χ2n) is 5.35. The number of hydrogen-bond acceptors (Lipinski definition) is 3. The largest absolute Gasteiger partial charge is 0.478 e. The maximum atomic E-state index is 12.4. The minimum absolute atomic E-state index is 0.0555. The van der Waals surface area contributed by atoms with Gasteiger partial charge in [-0.2, -0.15) is 5.10 Å². The molecule has 0 radical (unpaired) electrons. The van der Waals surface area contributed by atoms with E-state index in [4.69, 9.17) is 11.6 Å². The first-order valence-corrected chi connectivity index (χ1v) is 7.77. The van der Waals surface area contributed by atoms with Crippen molar-refractivity contribution in [1.82, 2.24) is 9.78 Å². The molecule has 1 heterocycles. The molecular formula is C18H14ClN3O3. The number of aromatic nitrogens is 2. The summed E-state index contributed by atoms with van der Waals surface area (Å²) in [6.45, 7) is 0. The molecule has 2 N–H and O–H groups in total. The van der Waals surface area contributed by atoms with E-state index in [1.807, 2.05) is 12.1 Å². The van der Waals surface area contributed by atoms with E-state index in [0.29, 0.717) is 16.5 Å². The number of aryl methyl sites for hydroxylation is 1. The van der Waals surface area contributed by atoms with E-state index in [9.17, 15) is 14.7 Å².